The molecule has 1 aliphatic heterocycles. The van der Waals surface area contributed by atoms with Crippen LogP contribution >= 0.6 is 0 Å². The highest BCUT2D eigenvalue weighted by molar-refractivity contribution is 7.89. The monoisotopic (exact) mass is 263 g/mol. The first-order valence-corrected chi connectivity index (χ1v) is 7.24. The van der Waals surface area contributed by atoms with Gasteiger partial charge in [-0.2, -0.15) is 4.31 Å². The van der Waals surface area contributed by atoms with Crippen LogP contribution in [-0.2, 0) is 10.0 Å². The molecule has 1 saturated heterocycles. The number of hydrogen-bond donors (Lipinski definition) is 0. The molecule has 0 bridgehead atoms. The lowest BCUT2D eigenvalue weighted by Gasteiger charge is -2.28. The number of hydrogen-bond acceptors (Lipinski definition) is 2. The van der Waals surface area contributed by atoms with Crippen LogP contribution < -0.4 is 0 Å². The lowest BCUT2D eigenvalue weighted by Crippen LogP contribution is -2.37. The fourth-order valence-corrected chi connectivity index (χ4v) is 3.53. The molecule has 0 unspecified atom stereocenters. The van der Waals surface area contributed by atoms with Crippen molar-refractivity contribution < 1.29 is 8.42 Å². The van der Waals surface area contributed by atoms with Crippen molar-refractivity contribution in [2.45, 2.75) is 18.2 Å². The fourth-order valence-electron chi connectivity index (χ4n) is 2.05. The topological polar surface area (TPSA) is 37.4 Å². The van der Waals surface area contributed by atoms with Crippen LogP contribution in [0.4, 0.5) is 0 Å². The molecule has 0 saturated carbocycles. The first-order valence-electron chi connectivity index (χ1n) is 5.80. The van der Waals surface area contributed by atoms with Crippen LogP contribution in [0.15, 0.2) is 53.5 Å². The van der Waals surface area contributed by atoms with Crippen LogP contribution in [0.2, 0.25) is 0 Å². The Bertz CT molecular complexity index is 569. The number of aryl methyl sites for hydroxylation is 1. The van der Waals surface area contributed by atoms with Crippen molar-refractivity contribution in [3.63, 3.8) is 0 Å². The first kappa shape index (κ1) is 13.1. The zero-order valence-electron chi connectivity index (χ0n) is 10.5. The number of piperidine rings is 1. The van der Waals surface area contributed by atoms with Crippen molar-refractivity contribution in [1.82, 2.24) is 4.31 Å². The van der Waals surface area contributed by atoms with E-state index in [2.05, 4.69) is 13.2 Å². The van der Waals surface area contributed by atoms with Gasteiger partial charge in [-0.3, -0.25) is 0 Å². The van der Waals surface area contributed by atoms with Gasteiger partial charge in [0.25, 0.3) is 0 Å². The average Bonchev–Trinajstić information content (AvgIpc) is 2.28. The third kappa shape index (κ3) is 2.54. The molecule has 1 heterocycles. The molecule has 0 amide bonds. The summed E-state index contributed by atoms with van der Waals surface area (Å²) in [5, 5.41) is 0. The summed E-state index contributed by atoms with van der Waals surface area (Å²) in [6, 6.07) is 6.90. The molecule has 0 aliphatic carbocycles. The molecule has 96 valence electrons. The zero-order valence-corrected chi connectivity index (χ0v) is 11.3. The van der Waals surface area contributed by atoms with E-state index in [-0.39, 0.29) is 0 Å². The summed E-state index contributed by atoms with van der Waals surface area (Å²) in [4.78, 5) is 0.329. The summed E-state index contributed by atoms with van der Waals surface area (Å²) in [6.45, 7) is 10.4. The highest BCUT2D eigenvalue weighted by Crippen LogP contribution is 2.24. The quantitative estimate of drug-likeness (QED) is 0.769. The molecule has 3 nitrogen and oxygen atoms in total. The van der Waals surface area contributed by atoms with Crippen molar-refractivity contribution in [2.75, 3.05) is 13.1 Å². The maximum Gasteiger partial charge on any atom is 0.243 e. The lowest BCUT2D eigenvalue weighted by molar-refractivity contribution is 0.438. The Morgan fingerprint density at radius 3 is 2.06 bits per heavy atom. The molecule has 0 aromatic heterocycles. The van der Waals surface area contributed by atoms with Crippen molar-refractivity contribution in [2.24, 2.45) is 0 Å². The minimum Gasteiger partial charge on any atom is -0.207 e. The van der Waals surface area contributed by atoms with E-state index in [0.717, 1.165) is 23.1 Å². The summed E-state index contributed by atoms with van der Waals surface area (Å²) in [5.74, 6) is 0. The maximum absolute atomic E-state index is 12.4. The highest BCUT2D eigenvalue weighted by atomic mass is 32.2. The Labute approximate surface area is 108 Å². The van der Waals surface area contributed by atoms with Crippen LogP contribution in [0.5, 0.6) is 0 Å². The predicted molar refractivity (Wildman–Crippen MR) is 72.8 cm³/mol. The Kier molecular flexibility index (Phi) is 3.41. The van der Waals surface area contributed by atoms with Gasteiger partial charge in [-0.25, -0.2) is 8.42 Å². The largest absolute Gasteiger partial charge is 0.243 e. The molecule has 4 heteroatoms. The van der Waals surface area contributed by atoms with Crippen molar-refractivity contribution in [3.05, 3.63) is 54.1 Å². The maximum atomic E-state index is 12.4. The molecule has 1 aliphatic rings. The number of rotatable bonds is 2. The second-order valence-corrected chi connectivity index (χ2v) is 6.70. The van der Waals surface area contributed by atoms with Gasteiger partial charge < -0.3 is 0 Å². The minimum atomic E-state index is -3.43. The summed E-state index contributed by atoms with van der Waals surface area (Å²) in [6.07, 6.45) is 0.722. The smallest absolute Gasteiger partial charge is 0.207 e. The molecule has 0 spiro atoms. The van der Waals surface area contributed by atoms with E-state index >= 15 is 0 Å². The second-order valence-electron chi connectivity index (χ2n) is 4.76. The fraction of sp³-hybridized carbons (Fsp3) is 0.286. The molecule has 1 fully saturated rings. The van der Waals surface area contributed by atoms with Crippen LogP contribution in [0.25, 0.3) is 0 Å². The number of benzene rings is 1. The van der Waals surface area contributed by atoms with Crippen molar-refractivity contribution in [3.8, 4) is 0 Å². The van der Waals surface area contributed by atoms with Crippen LogP contribution in [-0.4, -0.2) is 25.8 Å². The number of sulfonamides is 1. The first-order chi connectivity index (χ1) is 8.39. The SMILES string of the molecule is C=C1CC(=C)CN(S(=O)(=O)c2ccc(C)cc2)C1. The van der Waals surface area contributed by atoms with Gasteiger partial charge in [0, 0.05) is 13.1 Å². The molecule has 1 aromatic carbocycles. The molecule has 1 aromatic rings. The number of nitrogens with zero attached hydrogens (tertiary/aromatic N) is 1. The molecular weight excluding hydrogens is 246 g/mol. The highest BCUT2D eigenvalue weighted by Gasteiger charge is 2.28. The second kappa shape index (κ2) is 4.71. The van der Waals surface area contributed by atoms with Gasteiger partial charge in [0.2, 0.25) is 10.0 Å². The summed E-state index contributed by atoms with van der Waals surface area (Å²) in [7, 11) is -3.43. The Morgan fingerprint density at radius 1 is 1.06 bits per heavy atom. The lowest BCUT2D eigenvalue weighted by atomic mass is 10.0. The van der Waals surface area contributed by atoms with Crippen molar-refractivity contribution in [1.29, 1.82) is 0 Å². The van der Waals surface area contributed by atoms with Gasteiger partial charge >= 0.3 is 0 Å². The van der Waals surface area contributed by atoms with Gasteiger partial charge in [-0.1, -0.05) is 42.0 Å². The van der Waals surface area contributed by atoms with E-state index < -0.39 is 10.0 Å². The average molecular weight is 263 g/mol. The van der Waals surface area contributed by atoms with Crippen LogP contribution in [0, 0.1) is 6.92 Å². The van der Waals surface area contributed by atoms with E-state index in [4.69, 9.17) is 0 Å². The van der Waals surface area contributed by atoms with Crippen molar-refractivity contribution >= 4 is 10.0 Å². The summed E-state index contributed by atoms with van der Waals surface area (Å²) >= 11 is 0. The van der Waals surface area contributed by atoms with E-state index in [1.54, 1.807) is 24.3 Å². The van der Waals surface area contributed by atoms with E-state index in [0.29, 0.717) is 18.0 Å². The predicted octanol–water partition coefficient (Wildman–Crippen LogP) is 2.50. The molecule has 18 heavy (non-hydrogen) atoms. The van der Waals surface area contributed by atoms with Gasteiger partial charge in [0.1, 0.15) is 0 Å². The van der Waals surface area contributed by atoms with Gasteiger partial charge in [-0.05, 0) is 25.5 Å². The molecule has 0 atom stereocenters. The standard InChI is InChI=1S/C14H17NO2S/c1-11-4-6-14(7-5-11)18(16,17)15-9-12(2)8-13(3)10-15/h4-7H,2-3,8-10H2,1H3. The Balaban J connectivity index is 2.33. The van der Waals surface area contributed by atoms with Gasteiger partial charge in [0.15, 0.2) is 0 Å². The Morgan fingerprint density at radius 2 is 1.56 bits per heavy atom. The Hall–Kier alpha value is -1.39. The van der Waals surface area contributed by atoms with E-state index in [9.17, 15) is 8.42 Å². The molecule has 0 radical (unpaired) electrons. The minimum absolute atomic E-state index is 0.329. The van der Waals surface area contributed by atoms with E-state index in [1.807, 2.05) is 6.92 Å². The normalized spacial score (nSPS) is 18.1. The summed E-state index contributed by atoms with van der Waals surface area (Å²) < 4.78 is 26.3. The van der Waals surface area contributed by atoms with Gasteiger partial charge in [0.05, 0.1) is 4.90 Å². The molecular formula is C14H17NO2S. The third-order valence-electron chi connectivity index (χ3n) is 2.96. The third-order valence-corrected chi connectivity index (χ3v) is 4.76. The zero-order chi connectivity index (χ0) is 13.3. The van der Waals surface area contributed by atoms with Crippen LogP contribution in [0.1, 0.15) is 12.0 Å². The molecule has 0 N–H and O–H groups in total. The van der Waals surface area contributed by atoms with Crippen LogP contribution in [0.3, 0.4) is 0 Å². The van der Waals surface area contributed by atoms with E-state index in [1.165, 1.54) is 4.31 Å². The summed E-state index contributed by atoms with van der Waals surface area (Å²) in [5.41, 5.74) is 2.82. The molecule has 2 rings (SSSR count). The van der Waals surface area contributed by atoms with Gasteiger partial charge in [-0.15, -0.1) is 0 Å².